The van der Waals surface area contributed by atoms with E-state index >= 15 is 0 Å². The fraction of sp³-hybridized carbons (Fsp3) is 0.533. The zero-order chi connectivity index (χ0) is 14.4. The minimum absolute atomic E-state index is 0.0144. The van der Waals surface area contributed by atoms with Gasteiger partial charge in [-0.2, -0.15) is 0 Å². The molecule has 2 N–H and O–H groups in total. The van der Waals surface area contributed by atoms with E-state index in [1.165, 1.54) is 12.8 Å². The van der Waals surface area contributed by atoms with E-state index in [0.29, 0.717) is 12.0 Å². The molecule has 1 fully saturated rings. The van der Waals surface area contributed by atoms with Gasteiger partial charge in [-0.25, -0.2) is 0 Å². The normalized spacial score (nSPS) is 15.9. The van der Waals surface area contributed by atoms with Gasteiger partial charge in [0.15, 0.2) is 0 Å². The molecule has 4 nitrogen and oxygen atoms in total. The Labute approximate surface area is 128 Å². The smallest absolute Gasteiger partial charge is 0.238 e. The summed E-state index contributed by atoms with van der Waals surface area (Å²) in [5, 5.41) is 6.14. The number of ether oxygens (including phenoxy) is 1. The Balaban J connectivity index is 1.70. The molecule has 20 heavy (non-hydrogen) atoms. The Morgan fingerprint density at radius 1 is 1.40 bits per heavy atom. The topological polar surface area (TPSA) is 50.4 Å². The lowest BCUT2D eigenvalue weighted by Gasteiger charge is -2.15. The molecule has 0 heterocycles. The molecule has 1 aromatic rings. The summed E-state index contributed by atoms with van der Waals surface area (Å²) >= 11 is 3.41. The fourth-order valence-electron chi connectivity index (χ4n) is 2.21. The second-order valence-electron chi connectivity index (χ2n) is 5.37. The second-order valence-corrected chi connectivity index (χ2v) is 6.23. The number of carbonyl (C=O) groups is 1. The number of anilines is 1. The van der Waals surface area contributed by atoms with Crippen LogP contribution in [0.5, 0.6) is 0 Å². The molecule has 2 rings (SSSR count). The number of methoxy groups -OCH3 is 1. The van der Waals surface area contributed by atoms with Crippen LogP contribution in [0.2, 0.25) is 0 Å². The zero-order valence-corrected chi connectivity index (χ0v) is 13.3. The highest BCUT2D eigenvalue weighted by molar-refractivity contribution is 9.10. The SMILES string of the molecule is COCCC1(CNCC(=O)Nc2ccccc2Br)CC1. The largest absolute Gasteiger partial charge is 0.385 e. The van der Waals surface area contributed by atoms with Crippen LogP contribution in [0.15, 0.2) is 28.7 Å². The van der Waals surface area contributed by atoms with Crippen molar-refractivity contribution >= 4 is 27.5 Å². The highest BCUT2D eigenvalue weighted by Gasteiger charge is 2.41. The van der Waals surface area contributed by atoms with E-state index in [-0.39, 0.29) is 5.91 Å². The third-order valence-electron chi connectivity index (χ3n) is 3.73. The summed E-state index contributed by atoms with van der Waals surface area (Å²) in [6.07, 6.45) is 3.53. The molecule has 0 aliphatic heterocycles. The molecule has 1 aromatic carbocycles. The van der Waals surface area contributed by atoms with E-state index in [4.69, 9.17) is 4.74 Å². The number of hydrogen-bond acceptors (Lipinski definition) is 3. The standard InChI is InChI=1S/C15H21BrN2O2/c1-20-9-8-15(6-7-15)11-17-10-14(19)18-13-5-3-2-4-12(13)16/h2-5,17H,6-11H2,1H3,(H,18,19). The molecule has 5 heteroatoms. The van der Waals surface area contributed by atoms with Crippen LogP contribution in [0.25, 0.3) is 0 Å². The number of rotatable bonds is 8. The van der Waals surface area contributed by atoms with Crippen molar-refractivity contribution in [3.63, 3.8) is 0 Å². The number of benzene rings is 1. The maximum absolute atomic E-state index is 11.9. The number of halogens is 1. The summed E-state index contributed by atoms with van der Waals surface area (Å²) < 4.78 is 6.02. The van der Waals surface area contributed by atoms with Gasteiger partial charge in [0.05, 0.1) is 12.2 Å². The van der Waals surface area contributed by atoms with Crippen molar-refractivity contribution in [2.24, 2.45) is 5.41 Å². The summed E-state index contributed by atoms with van der Waals surface area (Å²) in [6.45, 7) is 2.03. The van der Waals surface area contributed by atoms with E-state index < -0.39 is 0 Å². The number of nitrogens with one attached hydrogen (secondary N) is 2. The molecule has 1 amide bonds. The van der Waals surface area contributed by atoms with Crippen LogP contribution in [0, 0.1) is 5.41 Å². The molecule has 1 aliphatic carbocycles. The minimum Gasteiger partial charge on any atom is -0.385 e. The van der Waals surface area contributed by atoms with Gasteiger partial charge in [-0.1, -0.05) is 12.1 Å². The van der Waals surface area contributed by atoms with Crippen molar-refractivity contribution in [2.75, 3.05) is 32.1 Å². The Hall–Kier alpha value is -0.910. The first kappa shape index (κ1) is 15.5. The summed E-state index contributed by atoms with van der Waals surface area (Å²) in [6, 6.07) is 7.61. The Morgan fingerprint density at radius 2 is 2.15 bits per heavy atom. The predicted molar refractivity (Wildman–Crippen MR) is 83.8 cm³/mol. The van der Waals surface area contributed by atoms with E-state index in [0.717, 1.165) is 29.7 Å². The summed E-state index contributed by atoms with van der Waals surface area (Å²) in [5.41, 5.74) is 1.17. The van der Waals surface area contributed by atoms with Crippen molar-refractivity contribution < 1.29 is 9.53 Å². The van der Waals surface area contributed by atoms with Crippen molar-refractivity contribution in [2.45, 2.75) is 19.3 Å². The average Bonchev–Trinajstić information content (AvgIpc) is 3.20. The minimum atomic E-state index is -0.0144. The highest BCUT2D eigenvalue weighted by Crippen LogP contribution is 2.48. The molecular formula is C15H21BrN2O2. The quantitative estimate of drug-likeness (QED) is 0.765. The summed E-state index contributed by atoms with van der Waals surface area (Å²) in [4.78, 5) is 11.9. The van der Waals surface area contributed by atoms with E-state index in [9.17, 15) is 4.79 Å². The first-order valence-electron chi connectivity index (χ1n) is 6.89. The van der Waals surface area contributed by atoms with Gasteiger partial charge in [0.25, 0.3) is 0 Å². The fourth-order valence-corrected chi connectivity index (χ4v) is 2.59. The molecule has 0 saturated heterocycles. The van der Waals surface area contributed by atoms with Crippen LogP contribution < -0.4 is 10.6 Å². The monoisotopic (exact) mass is 340 g/mol. The first-order valence-corrected chi connectivity index (χ1v) is 7.69. The lowest BCUT2D eigenvalue weighted by Crippen LogP contribution is -2.33. The lowest BCUT2D eigenvalue weighted by molar-refractivity contribution is -0.115. The van der Waals surface area contributed by atoms with Crippen molar-refractivity contribution in [1.82, 2.24) is 5.32 Å². The lowest BCUT2D eigenvalue weighted by atomic mass is 10.0. The highest BCUT2D eigenvalue weighted by atomic mass is 79.9. The maximum atomic E-state index is 11.9. The molecule has 1 saturated carbocycles. The molecular weight excluding hydrogens is 320 g/mol. The summed E-state index contributed by atoms with van der Waals surface area (Å²) in [5.74, 6) is -0.0144. The van der Waals surface area contributed by atoms with Gasteiger partial charge in [0.2, 0.25) is 5.91 Å². The van der Waals surface area contributed by atoms with Gasteiger partial charge in [-0.05, 0) is 52.7 Å². The molecule has 0 aromatic heterocycles. The maximum Gasteiger partial charge on any atom is 0.238 e. The third-order valence-corrected chi connectivity index (χ3v) is 4.42. The van der Waals surface area contributed by atoms with Crippen LogP contribution in [0.3, 0.4) is 0 Å². The molecule has 1 aliphatic rings. The van der Waals surface area contributed by atoms with Gasteiger partial charge in [0, 0.05) is 24.7 Å². The van der Waals surface area contributed by atoms with Crippen molar-refractivity contribution in [1.29, 1.82) is 0 Å². The van der Waals surface area contributed by atoms with Crippen molar-refractivity contribution in [3.05, 3.63) is 28.7 Å². The van der Waals surface area contributed by atoms with Crippen LogP contribution in [0.1, 0.15) is 19.3 Å². The summed E-state index contributed by atoms with van der Waals surface area (Å²) in [7, 11) is 1.73. The Bertz CT molecular complexity index is 461. The average molecular weight is 341 g/mol. The van der Waals surface area contributed by atoms with Crippen molar-refractivity contribution in [3.8, 4) is 0 Å². The van der Waals surface area contributed by atoms with Gasteiger partial charge < -0.3 is 15.4 Å². The van der Waals surface area contributed by atoms with E-state index in [1.807, 2.05) is 24.3 Å². The Morgan fingerprint density at radius 3 is 2.80 bits per heavy atom. The van der Waals surface area contributed by atoms with Crippen LogP contribution in [0.4, 0.5) is 5.69 Å². The van der Waals surface area contributed by atoms with Gasteiger partial charge in [-0.3, -0.25) is 4.79 Å². The number of para-hydroxylation sites is 1. The molecule has 0 spiro atoms. The Kier molecular flexibility index (Phi) is 5.57. The van der Waals surface area contributed by atoms with E-state index in [2.05, 4.69) is 26.6 Å². The molecule has 0 unspecified atom stereocenters. The molecule has 0 atom stereocenters. The van der Waals surface area contributed by atoms with E-state index in [1.54, 1.807) is 7.11 Å². The number of hydrogen-bond donors (Lipinski definition) is 2. The van der Waals surface area contributed by atoms with Crippen LogP contribution in [-0.4, -0.2) is 32.7 Å². The van der Waals surface area contributed by atoms with Crippen LogP contribution in [-0.2, 0) is 9.53 Å². The van der Waals surface area contributed by atoms with Gasteiger partial charge in [0.1, 0.15) is 0 Å². The predicted octanol–water partition coefficient (Wildman–Crippen LogP) is 2.79. The van der Waals surface area contributed by atoms with Gasteiger partial charge in [-0.15, -0.1) is 0 Å². The number of amides is 1. The molecule has 0 radical (unpaired) electrons. The molecule has 110 valence electrons. The number of carbonyl (C=O) groups excluding carboxylic acids is 1. The zero-order valence-electron chi connectivity index (χ0n) is 11.7. The van der Waals surface area contributed by atoms with Crippen LogP contribution >= 0.6 is 15.9 Å². The van der Waals surface area contributed by atoms with Gasteiger partial charge >= 0.3 is 0 Å². The first-order chi connectivity index (χ1) is 9.65. The molecule has 0 bridgehead atoms. The second kappa shape index (κ2) is 7.20. The third kappa shape index (κ3) is 4.58.